The minimum absolute atomic E-state index is 0.0548. The maximum Gasteiger partial charge on any atom is 0.409 e. The highest BCUT2D eigenvalue weighted by atomic mass is 33.1. The molecule has 1 heterocycles. The van der Waals surface area contributed by atoms with Gasteiger partial charge in [-0.15, -0.1) is 0 Å². The number of carbonyl (C=O) groups excluding carboxylic acids is 5. The van der Waals surface area contributed by atoms with Crippen LogP contribution in [0.3, 0.4) is 0 Å². The van der Waals surface area contributed by atoms with Gasteiger partial charge in [-0.2, -0.15) is 0 Å². The molecule has 45 heavy (non-hydrogen) atoms. The molecule has 2 rings (SSSR count). The molecule has 0 aromatic rings. The first kappa shape index (κ1) is 38.8. The summed E-state index contributed by atoms with van der Waals surface area (Å²) in [6.07, 6.45) is 5.76. The fourth-order valence-corrected chi connectivity index (χ4v) is 6.90. The van der Waals surface area contributed by atoms with Gasteiger partial charge in [-0.05, 0) is 38.0 Å². The minimum Gasteiger partial charge on any atom is -0.450 e. The summed E-state index contributed by atoms with van der Waals surface area (Å²) in [6, 6.07) is 0. The van der Waals surface area contributed by atoms with Gasteiger partial charge in [-0.25, -0.2) is 14.4 Å². The zero-order chi connectivity index (χ0) is 33.1. The van der Waals surface area contributed by atoms with E-state index >= 15 is 0 Å². The monoisotopic (exact) mass is 674 g/mol. The number of alkyl carbamates (subject to hydrolysis) is 2. The third-order valence-corrected chi connectivity index (χ3v) is 10.2. The SMILES string of the molecule is CCOC(=O)NCC1CCCCCC(CNC(=O)OCCSSCCOC(=O)N2CCN(C(=O)CCC(=O)C(C)(C)C)CC2)C1. The highest BCUT2D eigenvalue weighted by Crippen LogP contribution is 2.26. The molecule has 0 spiro atoms. The molecule has 1 aliphatic heterocycles. The van der Waals surface area contributed by atoms with Gasteiger partial charge >= 0.3 is 18.3 Å². The number of hydrogen-bond donors (Lipinski definition) is 2. The van der Waals surface area contributed by atoms with Gasteiger partial charge in [0.15, 0.2) is 0 Å². The first-order valence-corrected chi connectivity index (χ1v) is 18.8. The van der Waals surface area contributed by atoms with E-state index in [4.69, 9.17) is 14.2 Å². The van der Waals surface area contributed by atoms with Gasteiger partial charge in [-0.3, -0.25) is 9.59 Å². The van der Waals surface area contributed by atoms with E-state index in [9.17, 15) is 24.0 Å². The summed E-state index contributed by atoms with van der Waals surface area (Å²) >= 11 is 0. The molecular weight excluding hydrogens is 620 g/mol. The van der Waals surface area contributed by atoms with Crippen LogP contribution >= 0.6 is 21.6 Å². The fourth-order valence-electron chi connectivity index (χ4n) is 5.24. The third kappa shape index (κ3) is 16.7. The van der Waals surface area contributed by atoms with Gasteiger partial charge in [-0.1, -0.05) is 61.6 Å². The Bertz CT molecular complexity index is 941. The Labute approximate surface area is 276 Å². The summed E-state index contributed by atoms with van der Waals surface area (Å²) in [6.45, 7) is 11.1. The Morgan fingerprint density at radius 2 is 1.27 bits per heavy atom. The maximum absolute atomic E-state index is 12.4. The summed E-state index contributed by atoms with van der Waals surface area (Å²) in [5, 5.41) is 5.75. The highest BCUT2D eigenvalue weighted by Gasteiger charge is 2.27. The Hall–Kier alpha value is -2.35. The lowest BCUT2D eigenvalue weighted by atomic mass is 9.84. The second-order valence-corrected chi connectivity index (χ2v) is 15.2. The summed E-state index contributed by atoms with van der Waals surface area (Å²) in [4.78, 5) is 64.1. The van der Waals surface area contributed by atoms with E-state index in [1.165, 1.54) is 0 Å². The van der Waals surface area contributed by atoms with Crippen LogP contribution in [-0.2, 0) is 23.8 Å². The summed E-state index contributed by atoms with van der Waals surface area (Å²) < 4.78 is 15.7. The molecule has 4 amide bonds. The lowest BCUT2D eigenvalue weighted by molar-refractivity contribution is -0.136. The van der Waals surface area contributed by atoms with E-state index < -0.39 is 11.5 Å². The smallest absolute Gasteiger partial charge is 0.409 e. The number of nitrogens with zero attached hydrogens (tertiary/aromatic N) is 2. The molecule has 2 atom stereocenters. The molecule has 2 fully saturated rings. The predicted molar refractivity (Wildman–Crippen MR) is 177 cm³/mol. The molecule has 0 radical (unpaired) electrons. The van der Waals surface area contributed by atoms with Crippen molar-refractivity contribution >= 4 is 51.6 Å². The van der Waals surface area contributed by atoms with Crippen molar-refractivity contribution in [2.75, 3.05) is 70.6 Å². The van der Waals surface area contributed by atoms with Gasteiger partial charge in [0.25, 0.3) is 0 Å². The molecule has 0 aromatic carbocycles. The van der Waals surface area contributed by atoms with Crippen LogP contribution in [0.2, 0.25) is 0 Å². The highest BCUT2D eigenvalue weighted by molar-refractivity contribution is 8.76. The van der Waals surface area contributed by atoms with Crippen LogP contribution in [0.5, 0.6) is 0 Å². The standard InChI is InChI=1S/C31H54N4O8S2/c1-5-41-28(38)32-22-24-9-7-6-8-10-25(21-24)23-33-29(39)42-17-19-44-45-20-18-43-30(40)35-15-13-34(14-16-35)27(37)12-11-26(36)31(2,3)4/h24-25H,5-23H2,1-4H3,(H,32,38)(H,33,39). The van der Waals surface area contributed by atoms with Crippen LogP contribution in [0.4, 0.5) is 14.4 Å². The van der Waals surface area contributed by atoms with Crippen molar-refractivity contribution in [3.05, 3.63) is 0 Å². The number of ether oxygens (including phenoxy) is 3. The Kier molecular flexibility index (Phi) is 18.5. The van der Waals surface area contributed by atoms with Gasteiger partial charge in [0.2, 0.25) is 5.91 Å². The number of carbonyl (C=O) groups is 5. The molecule has 1 saturated heterocycles. The van der Waals surface area contributed by atoms with Crippen molar-refractivity contribution in [3.8, 4) is 0 Å². The van der Waals surface area contributed by atoms with E-state index in [0.717, 1.165) is 38.5 Å². The molecule has 2 aliphatic rings. The largest absolute Gasteiger partial charge is 0.450 e. The molecule has 1 aliphatic carbocycles. The van der Waals surface area contributed by atoms with Crippen LogP contribution in [0.1, 0.15) is 79.1 Å². The van der Waals surface area contributed by atoms with Crippen molar-refractivity contribution in [3.63, 3.8) is 0 Å². The number of piperazine rings is 1. The lowest BCUT2D eigenvalue weighted by Gasteiger charge is -2.34. The van der Waals surface area contributed by atoms with Gasteiger partial charge in [0.05, 0.1) is 6.61 Å². The van der Waals surface area contributed by atoms with Crippen LogP contribution in [-0.4, -0.2) is 110 Å². The average molecular weight is 675 g/mol. The maximum atomic E-state index is 12.4. The van der Waals surface area contributed by atoms with Crippen LogP contribution in [0.25, 0.3) is 0 Å². The average Bonchev–Trinajstić information content (AvgIpc) is 2.99. The predicted octanol–water partition coefficient (Wildman–Crippen LogP) is 5.10. The van der Waals surface area contributed by atoms with Gasteiger partial charge < -0.3 is 34.6 Å². The van der Waals surface area contributed by atoms with Crippen LogP contribution in [0, 0.1) is 17.3 Å². The Balaban J connectivity index is 1.49. The van der Waals surface area contributed by atoms with Crippen molar-refractivity contribution in [1.29, 1.82) is 0 Å². The Morgan fingerprint density at radius 1 is 0.733 bits per heavy atom. The van der Waals surface area contributed by atoms with Crippen molar-refractivity contribution in [2.24, 2.45) is 17.3 Å². The number of nitrogens with one attached hydrogen (secondary N) is 2. The third-order valence-electron chi connectivity index (χ3n) is 7.91. The summed E-state index contributed by atoms with van der Waals surface area (Å²) in [5.74, 6) is 1.96. The second kappa shape index (κ2) is 21.4. The zero-order valence-electron chi connectivity index (χ0n) is 27.6. The molecule has 0 bridgehead atoms. The lowest BCUT2D eigenvalue weighted by Crippen LogP contribution is -2.50. The number of rotatable bonds is 15. The topological polar surface area (TPSA) is 144 Å². The van der Waals surface area contributed by atoms with E-state index in [1.54, 1.807) is 38.3 Å². The van der Waals surface area contributed by atoms with E-state index in [1.807, 2.05) is 20.8 Å². The molecule has 12 nitrogen and oxygen atoms in total. The number of ketones is 1. The number of hydrogen-bond acceptors (Lipinski definition) is 10. The van der Waals surface area contributed by atoms with Crippen LogP contribution < -0.4 is 10.6 Å². The normalized spacial score (nSPS) is 19.1. The molecular formula is C31H54N4O8S2. The molecule has 2 unspecified atom stereocenters. The first-order chi connectivity index (χ1) is 21.5. The summed E-state index contributed by atoms with van der Waals surface area (Å²) in [7, 11) is 3.10. The minimum atomic E-state index is -0.448. The van der Waals surface area contributed by atoms with Crippen molar-refractivity contribution in [1.82, 2.24) is 20.4 Å². The van der Waals surface area contributed by atoms with Crippen molar-refractivity contribution < 1.29 is 38.2 Å². The number of Topliss-reactive ketones (excluding diaryl/α,β-unsaturated/α-hetero) is 1. The zero-order valence-corrected chi connectivity index (χ0v) is 29.2. The quantitative estimate of drug-likeness (QED) is 0.137. The van der Waals surface area contributed by atoms with Crippen LogP contribution in [0.15, 0.2) is 0 Å². The Morgan fingerprint density at radius 3 is 1.82 bits per heavy atom. The second-order valence-electron chi connectivity index (χ2n) is 12.5. The molecule has 1 saturated carbocycles. The molecule has 258 valence electrons. The van der Waals surface area contributed by atoms with Gasteiger partial charge in [0, 0.05) is 69.0 Å². The first-order valence-electron chi connectivity index (χ1n) is 16.3. The summed E-state index contributed by atoms with van der Waals surface area (Å²) in [5.41, 5.74) is -0.448. The van der Waals surface area contributed by atoms with E-state index in [-0.39, 0.29) is 49.9 Å². The van der Waals surface area contributed by atoms with E-state index in [2.05, 4.69) is 10.6 Å². The fraction of sp³-hybridized carbons (Fsp3) is 0.839. The van der Waals surface area contributed by atoms with Crippen molar-refractivity contribution in [2.45, 2.75) is 79.1 Å². The molecule has 0 aromatic heterocycles. The van der Waals surface area contributed by atoms with E-state index in [0.29, 0.717) is 69.2 Å². The molecule has 14 heteroatoms. The molecule has 2 N–H and O–H groups in total. The van der Waals surface area contributed by atoms with Gasteiger partial charge in [0.1, 0.15) is 19.0 Å². The number of amides is 4.